The third-order valence-corrected chi connectivity index (χ3v) is 5.42. The Morgan fingerprint density at radius 3 is 2.48 bits per heavy atom. The van der Waals surface area contributed by atoms with Crippen LogP contribution in [0.2, 0.25) is 0 Å². The van der Waals surface area contributed by atoms with E-state index in [1.807, 2.05) is 73.3 Å². The monoisotopic (exact) mass is 414 g/mol. The third kappa shape index (κ3) is 3.46. The standard InChI is InChI=1S/C23H22N6O2/c1-4-21-15(2)25-29(26-21)19-10-7-17-11-20(23(30)31-22(17)12-19)16-5-8-18(9-6-16)28-13-24-27(3)14-28/h5-13H,4,14H2,1-3H3. The van der Waals surface area contributed by atoms with E-state index >= 15 is 0 Å². The molecule has 8 nitrogen and oxygen atoms in total. The topological polar surface area (TPSA) is 79.8 Å². The second-order valence-electron chi connectivity index (χ2n) is 7.59. The Morgan fingerprint density at radius 1 is 1.03 bits per heavy atom. The lowest BCUT2D eigenvalue weighted by atomic mass is 10.1. The normalized spacial score (nSPS) is 13.5. The largest absolute Gasteiger partial charge is 0.422 e. The van der Waals surface area contributed by atoms with Gasteiger partial charge in [-0.05, 0) is 49.2 Å². The van der Waals surface area contributed by atoms with Crippen LogP contribution in [0.1, 0.15) is 18.3 Å². The van der Waals surface area contributed by atoms with Gasteiger partial charge in [-0.15, -0.1) is 0 Å². The van der Waals surface area contributed by atoms with Gasteiger partial charge in [-0.2, -0.15) is 20.1 Å². The Labute approximate surface area is 179 Å². The summed E-state index contributed by atoms with van der Waals surface area (Å²) in [6.45, 7) is 4.69. The summed E-state index contributed by atoms with van der Waals surface area (Å²) in [4.78, 5) is 16.3. The summed E-state index contributed by atoms with van der Waals surface area (Å²) in [5, 5.41) is 15.9. The van der Waals surface area contributed by atoms with Gasteiger partial charge in [0.05, 0.1) is 22.6 Å². The minimum absolute atomic E-state index is 0.376. The van der Waals surface area contributed by atoms with Gasteiger partial charge >= 0.3 is 5.63 Å². The summed E-state index contributed by atoms with van der Waals surface area (Å²) in [7, 11) is 1.92. The van der Waals surface area contributed by atoms with E-state index < -0.39 is 0 Å². The van der Waals surface area contributed by atoms with Gasteiger partial charge in [-0.3, -0.25) is 5.01 Å². The molecule has 0 saturated carbocycles. The van der Waals surface area contributed by atoms with Crippen molar-refractivity contribution in [2.24, 2.45) is 5.10 Å². The van der Waals surface area contributed by atoms with E-state index in [9.17, 15) is 4.79 Å². The molecule has 0 fully saturated rings. The summed E-state index contributed by atoms with van der Waals surface area (Å²) in [5.41, 5.74) is 5.09. The molecule has 156 valence electrons. The molecule has 8 heteroatoms. The average Bonchev–Trinajstić information content (AvgIpc) is 3.38. The maximum atomic E-state index is 12.7. The van der Waals surface area contributed by atoms with Gasteiger partial charge in [0.1, 0.15) is 18.6 Å². The first-order chi connectivity index (χ1) is 15.0. The van der Waals surface area contributed by atoms with Gasteiger partial charge in [0.15, 0.2) is 0 Å². The van der Waals surface area contributed by atoms with Gasteiger partial charge < -0.3 is 9.32 Å². The Hall–Kier alpha value is -3.94. The number of hydrazone groups is 1. The highest BCUT2D eigenvalue weighted by Gasteiger charge is 2.14. The highest BCUT2D eigenvalue weighted by atomic mass is 16.4. The molecule has 2 aromatic heterocycles. The van der Waals surface area contributed by atoms with Crippen molar-refractivity contribution < 1.29 is 4.42 Å². The van der Waals surface area contributed by atoms with Gasteiger partial charge in [-0.1, -0.05) is 19.1 Å². The smallest absolute Gasteiger partial charge is 0.344 e. The number of fused-ring (bicyclic) bond motifs is 1. The Balaban J connectivity index is 1.48. The molecule has 0 saturated heterocycles. The molecule has 0 unspecified atom stereocenters. The van der Waals surface area contributed by atoms with Crippen molar-refractivity contribution in [2.45, 2.75) is 20.3 Å². The molecule has 31 heavy (non-hydrogen) atoms. The number of benzene rings is 2. The second kappa shape index (κ2) is 7.39. The van der Waals surface area contributed by atoms with Crippen LogP contribution < -0.4 is 10.5 Å². The lowest BCUT2D eigenvalue weighted by Crippen LogP contribution is -2.23. The van der Waals surface area contributed by atoms with Crippen molar-refractivity contribution in [3.05, 3.63) is 70.3 Å². The van der Waals surface area contributed by atoms with Gasteiger partial charge in [-0.25, -0.2) is 4.79 Å². The van der Waals surface area contributed by atoms with Crippen molar-refractivity contribution >= 4 is 23.0 Å². The van der Waals surface area contributed by atoms with Crippen LogP contribution in [-0.2, 0) is 6.42 Å². The number of aryl methyl sites for hydroxylation is 2. The fourth-order valence-electron chi connectivity index (χ4n) is 3.70. The fraction of sp³-hybridized carbons (Fsp3) is 0.217. The first kappa shape index (κ1) is 19.0. The Bertz CT molecular complexity index is 1350. The molecule has 1 aliphatic heterocycles. The molecule has 5 rings (SSSR count). The molecule has 0 spiro atoms. The lowest BCUT2D eigenvalue weighted by molar-refractivity contribution is 0.393. The highest BCUT2D eigenvalue weighted by Crippen LogP contribution is 2.25. The van der Waals surface area contributed by atoms with Crippen LogP contribution in [-0.4, -0.2) is 40.1 Å². The Morgan fingerprint density at radius 2 is 1.81 bits per heavy atom. The van der Waals surface area contributed by atoms with E-state index in [0.717, 1.165) is 40.1 Å². The molecule has 0 amide bonds. The summed E-state index contributed by atoms with van der Waals surface area (Å²) in [6, 6.07) is 15.3. The van der Waals surface area contributed by atoms with Crippen LogP contribution in [0.3, 0.4) is 0 Å². The van der Waals surface area contributed by atoms with Crippen molar-refractivity contribution in [2.75, 3.05) is 18.6 Å². The molecule has 0 aliphatic carbocycles. The number of hydrogen-bond acceptors (Lipinski definition) is 7. The summed E-state index contributed by atoms with van der Waals surface area (Å²) >= 11 is 0. The van der Waals surface area contributed by atoms with Crippen LogP contribution in [0.5, 0.6) is 0 Å². The van der Waals surface area contributed by atoms with Gasteiger partial charge in [0.2, 0.25) is 0 Å². The molecule has 3 heterocycles. The molecule has 0 bridgehead atoms. The summed E-state index contributed by atoms with van der Waals surface area (Å²) < 4.78 is 5.65. The SMILES string of the molecule is CCc1nn(-c2ccc3cc(-c4ccc(N5C=NN(C)C5)cc4)c(=O)oc3c2)nc1C. The van der Waals surface area contributed by atoms with Crippen molar-refractivity contribution in [3.63, 3.8) is 0 Å². The quantitative estimate of drug-likeness (QED) is 0.475. The van der Waals surface area contributed by atoms with Crippen LogP contribution in [0.15, 0.2) is 62.8 Å². The Kier molecular flexibility index (Phi) is 4.54. The maximum absolute atomic E-state index is 12.7. The molecular weight excluding hydrogens is 392 g/mol. The van der Waals surface area contributed by atoms with Crippen LogP contribution >= 0.6 is 0 Å². The number of rotatable bonds is 4. The van der Waals surface area contributed by atoms with Crippen LogP contribution in [0.25, 0.3) is 27.8 Å². The zero-order valence-electron chi connectivity index (χ0n) is 17.6. The highest BCUT2D eigenvalue weighted by molar-refractivity contribution is 5.84. The number of hydrogen-bond donors (Lipinski definition) is 0. The molecule has 1 aliphatic rings. The van der Waals surface area contributed by atoms with Crippen LogP contribution in [0, 0.1) is 6.92 Å². The molecule has 0 N–H and O–H groups in total. The van der Waals surface area contributed by atoms with Crippen molar-refractivity contribution in [3.8, 4) is 16.8 Å². The van der Waals surface area contributed by atoms with Crippen molar-refractivity contribution in [1.29, 1.82) is 0 Å². The minimum Gasteiger partial charge on any atom is -0.422 e. The zero-order valence-corrected chi connectivity index (χ0v) is 17.6. The second-order valence-corrected chi connectivity index (χ2v) is 7.59. The predicted molar refractivity (Wildman–Crippen MR) is 121 cm³/mol. The van der Waals surface area contributed by atoms with E-state index in [2.05, 4.69) is 15.3 Å². The van der Waals surface area contributed by atoms with E-state index in [1.165, 1.54) is 0 Å². The first-order valence-electron chi connectivity index (χ1n) is 10.2. The number of nitrogens with zero attached hydrogens (tertiary/aromatic N) is 6. The van der Waals surface area contributed by atoms with Gasteiger partial charge in [0.25, 0.3) is 0 Å². The van der Waals surface area contributed by atoms with Gasteiger partial charge in [0, 0.05) is 24.2 Å². The fourth-order valence-corrected chi connectivity index (χ4v) is 3.70. The van der Waals surface area contributed by atoms with E-state index in [-0.39, 0.29) is 5.63 Å². The number of anilines is 1. The molecule has 0 atom stereocenters. The van der Waals surface area contributed by atoms with Crippen LogP contribution in [0.4, 0.5) is 5.69 Å². The third-order valence-electron chi connectivity index (χ3n) is 5.42. The molecule has 2 aromatic carbocycles. The summed E-state index contributed by atoms with van der Waals surface area (Å²) in [5.74, 6) is 0. The van der Waals surface area contributed by atoms with Crippen molar-refractivity contribution in [1.82, 2.24) is 20.0 Å². The molecular formula is C23H22N6O2. The van der Waals surface area contributed by atoms with E-state index in [1.54, 1.807) is 17.2 Å². The minimum atomic E-state index is -0.376. The maximum Gasteiger partial charge on any atom is 0.344 e. The lowest BCUT2D eigenvalue weighted by Gasteiger charge is -2.16. The summed E-state index contributed by atoms with van der Waals surface area (Å²) in [6.07, 6.45) is 2.61. The zero-order chi connectivity index (χ0) is 21.5. The van der Waals surface area contributed by atoms with E-state index in [0.29, 0.717) is 17.8 Å². The van der Waals surface area contributed by atoms with E-state index in [4.69, 9.17) is 4.42 Å². The predicted octanol–water partition coefficient (Wildman–Crippen LogP) is 3.56. The molecule has 0 radical (unpaired) electrons. The molecule has 4 aromatic rings. The first-order valence-corrected chi connectivity index (χ1v) is 10.2. The number of aromatic nitrogens is 3. The average molecular weight is 414 g/mol.